The lowest BCUT2D eigenvalue weighted by atomic mass is 9.81. The van der Waals surface area contributed by atoms with Crippen molar-refractivity contribution in [3.05, 3.63) is 41.1 Å². The van der Waals surface area contributed by atoms with Gasteiger partial charge < -0.3 is 4.74 Å². The zero-order valence-corrected chi connectivity index (χ0v) is 13.5. The van der Waals surface area contributed by atoms with E-state index < -0.39 is 0 Å². The number of ether oxygens (including phenoxy) is 1. The first-order valence-corrected chi connectivity index (χ1v) is 8.86. The number of pyridine rings is 1. The van der Waals surface area contributed by atoms with Crippen LogP contribution in [0.2, 0.25) is 0 Å². The molecule has 0 bridgehead atoms. The van der Waals surface area contributed by atoms with Gasteiger partial charge in [-0.2, -0.15) is 0 Å². The van der Waals surface area contributed by atoms with Crippen LogP contribution in [0.3, 0.4) is 0 Å². The summed E-state index contributed by atoms with van der Waals surface area (Å²) in [6.45, 7) is 4.13. The predicted molar refractivity (Wildman–Crippen MR) is 86.9 cm³/mol. The number of nitrogens with zero attached hydrogens (tertiary/aromatic N) is 3. The van der Waals surface area contributed by atoms with Gasteiger partial charge in [0.2, 0.25) is 0 Å². The molecule has 1 saturated carbocycles. The molecule has 2 aromatic rings. The SMILES string of the molecule is c1cncc(OC[C@@]23CCC[C@@H]2CN(Cc2nccs2)C3)c1. The Bertz CT molecular complexity index is 604. The number of rotatable bonds is 5. The molecule has 1 aliphatic carbocycles. The zero-order chi connectivity index (χ0) is 14.8. The summed E-state index contributed by atoms with van der Waals surface area (Å²) in [6, 6.07) is 3.93. The smallest absolute Gasteiger partial charge is 0.137 e. The lowest BCUT2D eigenvalue weighted by Crippen LogP contribution is -2.33. The topological polar surface area (TPSA) is 38.2 Å². The van der Waals surface area contributed by atoms with Gasteiger partial charge in [-0.3, -0.25) is 9.88 Å². The van der Waals surface area contributed by atoms with Gasteiger partial charge in [0.25, 0.3) is 0 Å². The van der Waals surface area contributed by atoms with Crippen LogP contribution >= 0.6 is 11.3 Å². The highest BCUT2D eigenvalue weighted by atomic mass is 32.1. The number of hydrogen-bond donors (Lipinski definition) is 0. The molecular weight excluding hydrogens is 294 g/mol. The van der Waals surface area contributed by atoms with Crippen LogP contribution in [-0.4, -0.2) is 34.6 Å². The number of thiazole rings is 1. The van der Waals surface area contributed by atoms with Gasteiger partial charge in [0.15, 0.2) is 0 Å². The normalized spacial score (nSPS) is 27.9. The van der Waals surface area contributed by atoms with Crippen LogP contribution in [0, 0.1) is 11.3 Å². The molecule has 0 amide bonds. The van der Waals surface area contributed by atoms with E-state index in [1.54, 1.807) is 17.5 Å². The molecular formula is C17H21N3OS. The fraction of sp³-hybridized carbons (Fsp3) is 0.529. The van der Waals surface area contributed by atoms with Crippen molar-refractivity contribution in [2.45, 2.75) is 25.8 Å². The van der Waals surface area contributed by atoms with Gasteiger partial charge in [-0.1, -0.05) is 6.42 Å². The monoisotopic (exact) mass is 315 g/mol. The van der Waals surface area contributed by atoms with E-state index >= 15 is 0 Å². The third-order valence-corrected chi connectivity index (χ3v) is 5.88. The summed E-state index contributed by atoms with van der Waals surface area (Å²) in [7, 11) is 0. The highest BCUT2D eigenvalue weighted by Crippen LogP contribution is 2.49. The summed E-state index contributed by atoms with van der Waals surface area (Å²) in [5.41, 5.74) is 0.326. The maximum Gasteiger partial charge on any atom is 0.137 e. The first-order valence-electron chi connectivity index (χ1n) is 7.98. The average Bonchev–Trinajstić information content (AvgIpc) is 3.23. The molecule has 1 aliphatic heterocycles. The van der Waals surface area contributed by atoms with E-state index in [1.165, 1.54) is 30.8 Å². The summed E-state index contributed by atoms with van der Waals surface area (Å²) < 4.78 is 6.08. The minimum Gasteiger partial charge on any atom is -0.491 e. The van der Waals surface area contributed by atoms with E-state index in [2.05, 4.69) is 20.2 Å². The van der Waals surface area contributed by atoms with E-state index in [1.807, 2.05) is 24.5 Å². The Kier molecular flexibility index (Phi) is 3.84. The molecule has 3 heterocycles. The Morgan fingerprint density at radius 1 is 1.41 bits per heavy atom. The van der Waals surface area contributed by atoms with Crippen molar-refractivity contribution in [3.63, 3.8) is 0 Å². The Balaban J connectivity index is 1.42. The Morgan fingerprint density at radius 3 is 3.23 bits per heavy atom. The van der Waals surface area contributed by atoms with Crippen molar-refractivity contribution in [3.8, 4) is 5.75 Å². The van der Waals surface area contributed by atoms with Crippen LogP contribution in [0.5, 0.6) is 5.75 Å². The number of likely N-dealkylation sites (tertiary alicyclic amines) is 1. The molecule has 22 heavy (non-hydrogen) atoms. The fourth-order valence-electron chi connectivity index (χ4n) is 4.06. The van der Waals surface area contributed by atoms with Crippen LogP contribution in [0.1, 0.15) is 24.3 Å². The van der Waals surface area contributed by atoms with E-state index in [0.29, 0.717) is 5.41 Å². The van der Waals surface area contributed by atoms with Crippen LogP contribution < -0.4 is 4.74 Å². The third-order valence-electron chi connectivity index (χ3n) is 5.11. The van der Waals surface area contributed by atoms with Crippen molar-refractivity contribution >= 4 is 11.3 Å². The highest BCUT2D eigenvalue weighted by molar-refractivity contribution is 7.09. The summed E-state index contributed by atoms with van der Waals surface area (Å²) in [6.07, 6.45) is 9.46. The maximum absolute atomic E-state index is 6.08. The second-order valence-corrected chi connectivity index (χ2v) is 7.50. The van der Waals surface area contributed by atoms with Gasteiger partial charge in [0.1, 0.15) is 10.8 Å². The zero-order valence-electron chi connectivity index (χ0n) is 12.6. The molecule has 0 N–H and O–H groups in total. The molecule has 2 aromatic heterocycles. The van der Waals surface area contributed by atoms with Gasteiger partial charge in [0, 0.05) is 36.3 Å². The van der Waals surface area contributed by atoms with Gasteiger partial charge in [0.05, 0.1) is 19.3 Å². The second kappa shape index (κ2) is 5.97. The van der Waals surface area contributed by atoms with Gasteiger partial charge >= 0.3 is 0 Å². The lowest BCUT2D eigenvalue weighted by molar-refractivity contribution is 0.127. The van der Waals surface area contributed by atoms with Crippen molar-refractivity contribution in [1.29, 1.82) is 0 Å². The lowest BCUT2D eigenvalue weighted by Gasteiger charge is -2.28. The molecule has 2 fully saturated rings. The van der Waals surface area contributed by atoms with E-state index in [0.717, 1.165) is 31.4 Å². The minimum absolute atomic E-state index is 0.326. The fourth-order valence-corrected chi connectivity index (χ4v) is 4.72. The average molecular weight is 315 g/mol. The summed E-state index contributed by atoms with van der Waals surface area (Å²) >= 11 is 1.75. The van der Waals surface area contributed by atoms with E-state index in [-0.39, 0.29) is 0 Å². The predicted octanol–water partition coefficient (Wildman–Crippen LogP) is 3.22. The number of fused-ring (bicyclic) bond motifs is 1. The summed E-state index contributed by atoms with van der Waals surface area (Å²) in [5, 5.41) is 3.29. The van der Waals surface area contributed by atoms with Crippen molar-refractivity contribution < 1.29 is 4.74 Å². The van der Waals surface area contributed by atoms with Gasteiger partial charge in [-0.25, -0.2) is 4.98 Å². The first-order chi connectivity index (χ1) is 10.8. The first kappa shape index (κ1) is 14.2. The Hall–Kier alpha value is -1.46. The Labute approximate surface area is 135 Å². The van der Waals surface area contributed by atoms with E-state index in [9.17, 15) is 0 Å². The molecule has 0 aromatic carbocycles. The summed E-state index contributed by atoms with van der Waals surface area (Å²) in [4.78, 5) is 11.1. The Morgan fingerprint density at radius 2 is 2.41 bits per heavy atom. The second-order valence-electron chi connectivity index (χ2n) is 6.52. The van der Waals surface area contributed by atoms with Crippen molar-refractivity contribution in [2.75, 3.05) is 19.7 Å². The van der Waals surface area contributed by atoms with Crippen molar-refractivity contribution in [1.82, 2.24) is 14.9 Å². The molecule has 5 heteroatoms. The molecule has 4 nitrogen and oxygen atoms in total. The minimum atomic E-state index is 0.326. The largest absolute Gasteiger partial charge is 0.491 e. The van der Waals surface area contributed by atoms with Crippen LogP contribution in [-0.2, 0) is 6.54 Å². The quantitative estimate of drug-likeness (QED) is 0.849. The molecule has 2 atom stereocenters. The molecule has 0 unspecified atom stereocenters. The van der Waals surface area contributed by atoms with E-state index in [4.69, 9.17) is 4.74 Å². The molecule has 0 spiro atoms. The summed E-state index contributed by atoms with van der Waals surface area (Å²) in [5.74, 6) is 1.66. The third kappa shape index (κ3) is 2.75. The number of aromatic nitrogens is 2. The maximum atomic E-state index is 6.08. The molecule has 1 saturated heterocycles. The van der Waals surface area contributed by atoms with Crippen LogP contribution in [0.25, 0.3) is 0 Å². The molecule has 2 aliphatic rings. The molecule has 0 radical (unpaired) electrons. The van der Waals surface area contributed by atoms with Crippen LogP contribution in [0.15, 0.2) is 36.1 Å². The van der Waals surface area contributed by atoms with Crippen LogP contribution in [0.4, 0.5) is 0 Å². The highest BCUT2D eigenvalue weighted by Gasteiger charge is 2.49. The number of hydrogen-bond acceptors (Lipinski definition) is 5. The van der Waals surface area contributed by atoms with Crippen molar-refractivity contribution in [2.24, 2.45) is 11.3 Å². The standard InChI is InChI=1S/C17H21N3OS/c1-3-14-10-20(11-16-19-7-8-22-16)12-17(14,5-1)13-21-15-4-2-6-18-9-15/h2,4,6-9,14H,1,3,5,10-13H2/t14-,17+/m1/s1. The molecule has 116 valence electrons. The molecule has 4 rings (SSSR count). The van der Waals surface area contributed by atoms with Gasteiger partial charge in [-0.05, 0) is 30.9 Å². The van der Waals surface area contributed by atoms with Gasteiger partial charge in [-0.15, -0.1) is 11.3 Å².